The highest BCUT2D eigenvalue weighted by Gasteiger charge is 2.51. The van der Waals surface area contributed by atoms with E-state index in [4.69, 9.17) is 9.98 Å². The maximum Gasteiger partial charge on any atom is 0.134 e. The van der Waals surface area contributed by atoms with Crippen molar-refractivity contribution in [3.05, 3.63) is 203 Å². The van der Waals surface area contributed by atoms with Gasteiger partial charge in [-0.2, -0.15) is 0 Å². The van der Waals surface area contributed by atoms with E-state index in [1.807, 2.05) is 7.05 Å². The Hall–Kier alpha value is -6.32. The lowest BCUT2D eigenvalue weighted by atomic mass is 9.70. The normalized spacial score (nSPS) is 13.8. The van der Waals surface area contributed by atoms with Gasteiger partial charge in [0.25, 0.3) is 0 Å². The number of hydrogen-bond acceptors (Lipinski definition) is 2. The molecule has 0 fully saturated rings. The maximum atomic E-state index is 5.19. The lowest BCUT2D eigenvalue weighted by Crippen LogP contribution is -2.33. The van der Waals surface area contributed by atoms with Crippen LogP contribution in [0.15, 0.2) is 180 Å². The van der Waals surface area contributed by atoms with Gasteiger partial charge in [0.1, 0.15) is 11.7 Å². The second-order valence-electron chi connectivity index (χ2n) is 13.9. The van der Waals surface area contributed by atoms with Crippen molar-refractivity contribution >= 4 is 11.7 Å². The number of nitrogens with one attached hydrogen (secondary N) is 1. The van der Waals surface area contributed by atoms with Crippen LogP contribution in [0.5, 0.6) is 0 Å². The van der Waals surface area contributed by atoms with E-state index >= 15 is 0 Å². The number of fused-ring (bicyclic) bond motifs is 10. The molecule has 1 N–H and O–H groups in total. The van der Waals surface area contributed by atoms with E-state index in [0.717, 1.165) is 45.1 Å². The Morgan fingerprint density at radius 2 is 0.904 bits per heavy atom. The van der Waals surface area contributed by atoms with Crippen LogP contribution in [0.2, 0.25) is 0 Å². The van der Waals surface area contributed by atoms with Gasteiger partial charge in [0.15, 0.2) is 0 Å². The minimum atomic E-state index is -0.419. The maximum absolute atomic E-state index is 5.19. The fraction of sp³-hybridized carbons (Fsp3) is 0.102. The van der Waals surface area contributed by atoms with Crippen LogP contribution < -0.4 is 5.32 Å². The predicted octanol–water partition coefficient (Wildman–Crippen LogP) is 11.2. The third-order valence-electron chi connectivity index (χ3n) is 10.5. The number of benzene rings is 7. The van der Waals surface area contributed by atoms with Gasteiger partial charge in [0, 0.05) is 24.2 Å². The van der Waals surface area contributed by atoms with E-state index in [0.29, 0.717) is 0 Å². The van der Waals surface area contributed by atoms with E-state index in [9.17, 15) is 0 Å². The van der Waals surface area contributed by atoms with E-state index in [1.54, 1.807) is 0 Å². The molecule has 0 atom stereocenters. The summed E-state index contributed by atoms with van der Waals surface area (Å²) >= 11 is 0. The van der Waals surface area contributed by atoms with Crippen LogP contribution in [0.25, 0.3) is 44.5 Å². The molecule has 0 heterocycles. The largest absolute Gasteiger partial charge is 0.325 e. The lowest BCUT2D eigenvalue weighted by Gasteiger charge is -2.30. The van der Waals surface area contributed by atoms with E-state index in [-0.39, 0.29) is 6.04 Å². The summed E-state index contributed by atoms with van der Waals surface area (Å²) < 4.78 is 0. The summed E-state index contributed by atoms with van der Waals surface area (Å²) in [6.45, 7) is 4.24. The molecule has 7 aromatic rings. The highest BCUT2D eigenvalue weighted by Crippen LogP contribution is 2.62. The molecule has 7 aromatic carbocycles. The van der Waals surface area contributed by atoms with Crippen molar-refractivity contribution in [2.24, 2.45) is 9.98 Å². The van der Waals surface area contributed by atoms with E-state index in [1.165, 1.54) is 44.5 Å². The van der Waals surface area contributed by atoms with Crippen LogP contribution >= 0.6 is 0 Å². The highest BCUT2D eigenvalue weighted by atomic mass is 15.1. The van der Waals surface area contributed by atoms with Crippen molar-refractivity contribution in [1.29, 1.82) is 0 Å². The predicted molar refractivity (Wildman–Crippen MR) is 217 cm³/mol. The second-order valence-corrected chi connectivity index (χ2v) is 13.9. The SMILES string of the molecule is CN=C(NC(=NC(C)C)c1cc(-c2ccccc2)cc(-c2ccccc2)c1)c1ccc2c(c1)C1(c3ccccc3-c3ccccc31)c1ccccc1-2. The van der Waals surface area contributed by atoms with Crippen molar-refractivity contribution in [3.8, 4) is 44.5 Å². The molecule has 0 amide bonds. The topological polar surface area (TPSA) is 36.8 Å². The summed E-state index contributed by atoms with van der Waals surface area (Å²) in [5.74, 6) is 1.57. The van der Waals surface area contributed by atoms with Crippen molar-refractivity contribution in [2.45, 2.75) is 25.3 Å². The molecule has 250 valence electrons. The number of nitrogens with zero attached hydrogens (tertiary/aromatic N) is 2. The number of hydrogen-bond donors (Lipinski definition) is 1. The molecule has 2 aliphatic carbocycles. The van der Waals surface area contributed by atoms with Gasteiger partial charge in [0.2, 0.25) is 0 Å². The molecule has 1 spiro atoms. The molecule has 3 nitrogen and oxygen atoms in total. The Morgan fingerprint density at radius 3 is 1.38 bits per heavy atom. The van der Waals surface area contributed by atoms with Gasteiger partial charge in [0.05, 0.1) is 5.41 Å². The highest BCUT2D eigenvalue weighted by molar-refractivity contribution is 6.16. The summed E-state index contributed by atoms with van der Waals surface area (Å²) in [7, 11) is 1.86. The van der Waals surface area contributed by atoms with Gasteiger partial charge in [-0.1, -0.05) is 146 Å². The molecule has 0 radical (unpaired) electrons. The molecular formula is C49H39N3. The third kappa shape index (κ3) is 5.04. The van der Waals surface area contributed by atoms with Crippen LogP contribution in [-0.2, 0) is 5.41 Å². The van der Waals surface area contributed by atoms with Gasteiger partial charge in [-0.3, -0.25) is 9.98 Å². The first-order valence-corrected chi connectivity index (χ1v) is 18.1. The molecule has 0 aromatic heterocycles. The lowest BCUT2D eigenvalue weighted by molar-refractivity contribution is 0.793. The molecule has 0 unspecified atom stereocenters. The molecule has 0 bridgehead atoms. The van der Waals surface area contributed by atoms with Crippen molar-refractivity contribution < 1.29 is 0 Å². The average Bonchev–Trinajstić information content (AvgIpc) is 3.67. The first kappa shape index (κ1) is 31.6. The molecule has 3 heteroatoms. The number of amidine groups is 2. The Kier molecular flexibility index (Phi) is 7.78. The Morgan fingerprint density at radius 1 is 0.442 bits per heavy atom. The second kappa shape index (κ2) is 12.8. The fourth-order valence-electron chi connectivity index (χ4n) is 8.41. The Labute approximate surface area is 306 Å². The first-order valence-electron chi connectivity index (χ1n) is 18.1. The molecule has 0 saturated carbocycles. The van der Waals surface area contributed by atoms with Crippen LogP contribution in [-0.4, -0.2) is 24.8 Å². The van der Waals surface area contributed by atoms with E-state index in [2.05, 4.69) is 189 Å². The van der Waals surface area contributed by atoms with Gasteiger partial charge in [-0.25, -0.2) is 0 Å². The molecule has 0 saturated heterocycles. The Bertz CT molecular complexity index is 2400. The molecule has 52 heavy (non-hydrogen) atoms. The van der Waals surface area contributed by atoms with Crippen molar-refractivity contribution in [2.75, 3.05) is 7.05 Å². The van der Waals surface area contributed by atoms with E-state index < -0.39 is 5.41 Å². The number of aliphatic imine (C=N–C) groups is 2. The zero-order chi connectivity index (χ0) is 35.2. The summed E-state index contributed by atoms with van der Waals surface area (Å²) in [6, 6.07) is 61.6. The quantitative estimate of drug-likeness (QED) is 0.144. The average molecular weight is 670 g/mol. The summed E-state index contributed by atoms with van der Waals surface area (Å²) in [5, 5.41) is 3.75. The monoisotopic (exact) mass is 669 g/mol. The zero-order valence-electron chi connectivity index (χ0n) is 29.6. The van der Waals surface area contributed by atoms with Gasteiger partial charge in [-0.15, -0.1) is 0 Å². The zero-order valence-corrected chi connectivity index (χ0v) is 29.6. The minimum absolute atomic E-state index is 0.0606. The van der Waals surface area contributed by atoms with Crippen LogP contribution in [0.3, 0.4) is 0 Å². The van der Waals surface area contributed by atoms with Crippen LogP contribution in [0.1, 0.15) is 47.2 Å². The van der Waals surface area contributed by atoms with Gasteiger partial charge >= 0.3 is 0 Å². The molecule has 9 rings (SSSR count). The van der Waals surface area contributed by atoms with Gasteiger partial charge < -0.3 is 5.32 Å². The van der Waals surface area contributed by atoms with Gasteiger partial charge in [-0.05, 0) is 105 Å². The smallest absolute Gasteiger partial charge is 0.134 e. The molecule has 0 aliphatic heterocycles. The third-order valence-corrected chi connectivity index (χ3v) is 10.5. The van der Waals surface area contributed by atoms with Crippen LogP contribution in [0, 0.1) is 0 Å². The molecule has 2 aliphatic rings. The first-order chi connectivity index (χ1) is 25.6. The van der Waals surface area contributed by atoms with Crippen LogP contribution in [0.4, 0.5) is 0 Å². The summed E-state index contributed by atoms with van der Waals surface area (Å²) in [6.07, 6.45) is 0. The summed E-state index contributed by atoms with van der Waals surface area (Å²) in [5.41, 5.74) is 16.6. The fourth-order valence-corrected chi connectivity index (χ4v) is 8.41. The van der Waals surface area contributed by atoms with Crippen molar-refractivity contribution in [3.63, 3.8) is 0 Å². The van der Waals surface area contributed by atoms with Crippen molar-refractivity contribution in [1.82, 2.24) is 5.32 Å². The standard InChI is InChI=1S/C49H39N3/c1-32(2)51-48(38-29-36(33-16-6-4-7-17-33)28-37(30-38)34-18-8-5-9-19-34)52-47(50-3)35-26-27-42-41-22-12-15-25-45(41)49(46(42)31-35)43-23-13-10-20-39(43)40-21-11-14-24-44(40)49/h4-32H,1-3H3,(H,50,51,52). The minimum Gasteiger partial charge on any atom is -0.325 e. The Balaban J connectivity index is 1.19. The summed E-state index contributed by atoms with van der Waals surface area (Å²) in [4.78, 5) is 10.1. The number of rotatable bonds is 5. The molecular weight excluding hydrogens is 631 g/mol.